The van der Waals surface area contributed by atoms with Crippen LogP contribution in [0, 0.1) is 0 Å². The van der Waals surface area contributed by atoms with Gasteiger partial charge < -0.3 is 14.5 Å². The molecule has 23 heavy (non-hydrogen) atoms. The highest BCUT2D eigenvalue weighted by Gasteiger charge is 2.31. The third-order valence-electron chi connectivity index (χ3n) is 3.81. The van der Waals surface area contributed by atoms with Gasteiger partial charge >= 0.3 is 6.36 Å². The number of nitrogens with one attached hydrogen (secondary N) is 1. The Morgan fingerprint density at radius 3 is 2.30 bits per heavy atom. The minimum Gasteiger partial charge on any atom is -0.472 e. The van der Waals surface area contributed by atoms with Gasteiger partial charge in [0.15, 0.2) is 0 Å². The summed E-state index contributed by atoms with van der Waals surface area (Å²) in [5, 5.41) is 3.29. The first-order valence-electron chi connectivity index (χ1n) is 7.35. The number of ether oxygens (including phenoxy) is 1. The van der Waals surface area contributed by atoms with Crippen LogP contribution in [0.15, 0.2) is 47.3 Å². The molecular formula is C16H17F3N2O2. The molecule has 0 radical (unpaired) electrons. The fourth-order valence-corrected chi connectivity index (χ4v) is 2.84. The molecule has 0 unspecified atom stereocenters. The zero-order chi connectivity index (χ0) is 16.3. The smallest absolute Gasteiger partial charge is 0.472 e. The first-order valence-corrected chi connectivity index (χ1v) is 7.35. The fraction of sp³-hybridized carbons (Fsp3) is 0.375. The maximum atomic E-state index is 12.3. The highest BCUT2D eigenvalue weighted by atomic mass is 19.4. The molecule has 0 bridgehead atoms. The van der Waals surface area contributed by atoms with E-state index >= 15 is 0 Å². The molecule has 1 atom stereocenters. The van der Waals surface area contributed by atoms with Crippen molar-refractivity contribution in [3.05, 3.63) is 54.0 Å². The standard InChI is InChI=1S/C16H17F3N2O2/c17-16(18,19)23-14-3-1-12(2-4-14)15(13-5-10-22-11-13)21-8-6-20-7-9-21/h1-5,10-11,15,20H,6-9H2/t15-/m0/s1. The Morgan fingerprint density at radius 1 is 1.04 bits per heavy atom. The molecule has 1 saturated heterocycles. The van der Waals surface area contributed by atoms with Gasteiger partial charge in [-0.15, -0.1) is 13.2 Å². The van der Waals surface area contributed by atoms with E-state index in [2.05, 4.69) is 15.0 Å². The average molecular weight is 326 g/mol. The lowest BCUT2D eigenvalue weighted by molar-refractivity contribution is -0.274. The summed E-state index contributed by atoms with van der Waals surface area (Å²) in [6, 6.07) is 7.86. The summed E-state index contributed by atoms with van der Waals surface area (Å²) in [6.07, 6.45) is -1.40. The lowest BCUT2D eigenvalue weighted by Gasteiger charge is -2.34. The van der Waals surface area contributed by atoms with E-state index in [-0.39, 0.29) is 11.8 Å². The summed E-state index contributed by atoms with van der Waals surface area (Å²) < 4.78 is 45.9. The number of alkyl halides is 3. The van der Waals surface area contributed by atoms with E-state index in [1.165, 1.54) is 12.1 Å². The van der Waals surface area contributed by atoms with E-state index < -0.39 is 6.36 Å². The van der Waals surface area contributed by atoms with Crippen molar-refractivity contribution in [2.45, 2.75) is 12.4 Å². The molecule has 0 amide bonds. The van der Waals surface area contributed by atoms with Gasteiger partial charge in [-0.05, 0) is 23.8 Å². The predicted octanol–water partition coefficient (Wildman–Crippen LogP) is 3.17. The van der Waals surface area contributed by atoms with E-state index in [1.807, 2.05) is 6.07 Å². The molecule has 124 valence electrons. The molecule has 0 aliphatic carbocycles. The number of benzene rings is 1. The molecule has 1 aromatic heterocycles. The first-order chi connectivity index (χ1) is 11.0. The van der Waals surface area contributed by atoms with Gasteiger partial charge in [0, 0.05) is 31.7 Å². The Labute approximate surface area is 131 Å². The van der Waals surface area contributed by atoms with Crippen molar-refractivity contribution in [3.63, 3.8) is 0 Å². The normalized spacial score (nSPS) is 17.9. The van der Waals surface area contributed by atoms with E-state index in [9.17, 15) is 13.2 Å². The zero-order valence-corrected chi connectivity index (χ0v) is 12.3. The molecule has 0 spiro atoms. The Morgan fingerprint density at radius 2 is 1.74 bits per heavy atom. The van der Waals surface area contributed by atoms with Gasteiger partial charge in [0.2, 0.25) is 0 Å². The van der Waals surface area contributed by atoms with Crippen LogP contribution in [-0.4, -0.2) is 37.4 Å². The number of furan rings is 1. The molecule has 7 heteroatoms. The van der Waals surface area contributed by atoms with Crippen LogP contribution in [0.3, 0.4) is 0 Å². The molecule has 4 nitrogen and oxygen atoms in total. The van der Waals surface area contributed by atoms with Crippen molar-refractivity contribution in [1.82, 2.24) is 10.2 Å². The minimum absolute atomic E-state index is 0.0456. The van der Waals surface area contributed by atoms with E-state index in [1.54, 1.807) is 24.7 Å². The molecule has 1 aliphatic heterocycles. The fourth-order valence-electron chi connectivity index (χ4n) is 2.84. The number of nitrogens with zero attached hydrogens (tertiary/aromatic N) is 1. The predicted molar refractivity (Wildman–Crippen MR) is 78.1 cm³/mol. The molecule has 1 aliphatic rings. The van der Waals surface area contributed by atoms with Gasteiger partial charge in [-0.25, -0.2) is 0 Å². The summed E-state index contributed by atoms with van der Waals surface area (Å²) >= 11 is 0. The minimum atomic E-state index is -4.68. The lowest BCUT2D eigenvalue weighted by Crippen LogP contribution is -2.45. The molecule has 0 saturated carbocycles. The first kappa shape index (κ1) is 15.9. The van der Waals surface area contributed by atoms with E-state index in [0.29, 0.717) is 0 Å². The summed E-state index contributed by atoms with van der Waals surface area (Å²) in [5.41, 5.74) is 1.89. The van der Waals surface area contributed by atoms with E-state index in [4.69, 9.17) is 4.42 Å². The maximum absolute atomic E-state index is 12.3. The van der Waals surface area contributed by atoms with Crippen LogP contribution in [0.25, 0.3) is 0 Å². The average Bonchev–Trinajstić information content (AvgIpc) is 3.03. The van der Waals surface area contributed by atoms with Crippen LogP contribution in [0.5, 0.6) is 5.75 Å². The summed E-state index contributed by atoms with van der Waals surface area (Å²) in [5.74, 6) is -0.215. The molecule has 1 fully saturated rings. The van der Waals surface area contributed by atoms with Gasteiger partial charge in [-0.1, -0.05) is 12.1 Å². The quantitative estimate of drug-likeness (QED) is 0.936. The monoisotopic (exact) mass is 326 g/mol. The van der Waals surface area contributed by atoms with Crippen molar-refractivity contribution in [2.75, 3.05) is 26.2 Å². The van der Waals surface area contributed by atoms with Crippen molar-refractivity contribution in [1.29, 1.82) is 0 Å². The van der Waals surface area contributed by atoms with Crippen molar-refractivity contribution in [3.8, 4) is 5.75 Å². The van der Waals surface area contributed by atoms with Crippen LogP contribution >= 0.6 is 0 Å². The highest BCUT2D eigenvalue weighted by molar-refractivity contribution is 5.34. The van der Waals surface area contributed by atoms with Crippen molar-refractivity contribution >= 4 is 0 Å². The second kappa shape index (κ2) is 6.64. The Bertz CT molecular complexity index is 605. The summed E-state index contributed by atoms with van der Waals surface area (Å²) in [7, 11) is 0. The number of hydrogen-bond acceptors (Lipinski definition) is 4. The zero-order valence-electron chi connectivity index (χ0n) is 12.3. The summed E-state index contributed by atoms with van der Waals surface area (Å²) in [4.78, 5) is 2.28. The van der Waals surface area contributed by atoms with Gasteiger partial charge in [-0.3, -0.25) is 4.90 Å². The van der Waals surface area contributed by atoms with Crippen LogP contribution in [0.4, 0.5) is 13.2 Å². The van der Waals surface area contributed by atoms with Crippen LogP contribution in [0.1, 0.15) is 17.2 Å². The SMILES string of the molecule is FC(F)(F)Oc1ccc([C@@H](c2ccoc2)N2CCNCC2)cc1. The van der Waals surface area contributed by atoms with Gasteiger partial charge in [0.1, 0.15) is 5.75 Å². The largest absolute Gasteiger partial charge is 0.573 e. The maximum Gasteiger partial charge on any atom is 0.573 e. The van der Waals surface area contributed by atoms with Crippen LogP contribution in [0.2, 0.25) is 0 Å². The van der Waals surface area contributed by atoms with Gasteiger partial charge in [0.25, 0.3) is 0 Å². The topological polar surface area (TPSA) is 37.6 Å². The molecular weight excluding hydrogens is 309 g/mol. The Kier molecular flexibility index (Phi) is 4.58. The van der Waals surface area contributed by atoms with Gasteiger partial charge in [-0.2, -0.15) is 0 Å². The third kappa shape index (κ3) is 4.05. The van der Waals surface area contributed by atoms with Crippen molar-refractivity contribution in [2.24, 2.45) is 0 Å². The Balaban J connectivity index is 1.84. The van der Waals surface area contributed by atoms with Crippen LogP contribution in [-0.2, 0) is 0 Å². The number of hydrogen-bond donors (Lipinski definition) is 1. The second-order valence-electron chi connectivity index (χ2n) is 5.36. The van der Waals surface area contributed by atoms with Crippen LogP contribution < -0.4 is 10.1 Å². The summed E-state index contributed by atoms with van der Waals surface area (Å²) in [6.45, 7) is 3.47. The molecule has 1 aromatic carbocycles. The van der Waals surface area contributed by atoms with E-state index in [0.717, 1.165) is 37.3 Å². The molecule has 3 rings (SSSR count). The lowest BCUT2D eigenvalue weighted by atomic mass is 9.98. The van der Waals surface area contributed by atoms with Crippen molar-refractivity contribution < 1.29 is 22.3 Å². The highest BCUT2D eigenvalue weighted by Crippen LogP contribution is 2.31. The number of piperazine rings is 1. The number of rotatable bonds is 4. The molecule has 2 heterocycles. The molecule has 1 N–H and O–H groups in total. The second-order valence-corrected chi connectivity index (χ2v) is 5.36. The molecule has 2 aromatic rings. The number of halogens is 3. The third-order valence-corrected chi connectivity index (χ3v) is 3.81. The Hall–Kier alpha value is -1.99. The van der Waals surface area contributed by atoms with Gasteiger partial charge in [0.05, 0.1) is 18.6 Å².